The van der Waals surface area contributed by atoms with E-state index in [1.54, 1.807) is 0 Å². The van der Waals surface area contributed by atoms with E-state index in [1.165, 1.54) is 0 Å². The molecule has 1 atom stereocenters. The summed E-state index contributed by atoms with van der Waals surface area (Å²) in [4.78, 5) is 6.77. The second-order valence-corrected chi connectivity index (χ2v) is 5.09. The third-order valence-electron chi connectivity index (χ3n) is 3.62. The maximum atomic E-state index is 9.64. The van der Waals surface area contributed by atoms with Gasteiger partial charge in [0.25, 0.3) is 0 Å². The predicted molar refractivity (Wildman–Crippen MR) is 77.6 cm³/mol. The molecule has 20 heavy (non-hydrogen) atoms. The smallest absolute Gasteiger partial charge is 0.147 e. The summed E-state index contributed by atoms with van der Waals surface area (Å²) >= 11 is 0. The molecule has 5 nitrogen and oxygen atoms in total. The minimum Gasteiger partial charge on any atom is -0.395 e. The predicted octanol–water partition coefficient (Wildman–Crippen LogP) is 1.11. The number of anilines is 1. The molecule has 0 amide bonds. The summed E-state index contributed by atoms with van der Waals surface area (Å²) < 4.78 is 1.97. The molecule has 1 fully saturated rings. The first-order valence-electron chi connectivity index (χ1n) is 6.94. The number of imidazole rings is 1. The highest BCUT2D eigenvalue weighted by Crippen LogP contribution is 2.25. The van der Waals surface area contributed by atoms with E-state index < -0.39 is 0 Å². The molecule has 5 heteroatoms. The Hall–Kier alpha value is -1.85. The Morgan fingerprint density at radius 3 is 2.70 bits per heavy atom. The molecule has 3 rings (SSSR count). The molecule has 1 saturated heterocycles. The molecule has 0 radical (unpaired) electrons. The van der Waals surface area contributed by atoms with Crippen molar-refractivity contribution >= 4 is 5.82 Å². The first-order chi connectivity index (χ1) is 9.78. The number of hydrogen-bond acceptors (Lipinski definition) is 4. The number of aromatic nitrogens is 2. The van der Waals surface area contributed by atoms with Crippen LogP contribution in [0.15, 0.2) is 36.5 Å². The zero-order valence-electron chi connectivity index (χ0n) is 11.3. The van der Waals surface area contributed by atoms with Crippen LogP contribution in [0.4, 0.5) is 5.82 Å². The molecule has 0 aliphatic carbocycles. The Balaban J connectivity index is 1.94. The number of aliphatic hydroxyl groups is 2. The minimum absolute atomic E-state index is 0.0816. The average Bonchev–Trinajstić information content (AvgIpc) is 3.07. The van der Waals surface area contributed by atoms with E-state index in [0.717, 1.165) is 30.2 Å². The van der Waals surface area contributed by atoms with Crippen molar-refractivity contribution in [3.05, 3.63) is 36.5 Å². The van der Waals surface area contributed by atoms with Crippen LogP contribution in [-0.2, 0) is 6.54 Å². The van der Waals surface area contributed by atoms with Gasteiger partial charge in [-0.25, -0.2) is 4.98 Å². The standard InChI is InChI=1S/C15H19N3O2/c19-9-8-18-11-14(17-7-6-13(20)10-17)16-15(18)12-4-2-1-3-5-12/h1-5,11,13,19-20H,6-10H2. The molecule has 1 aliphatic rings. The zero-order chi connectivity index (χ0) is 13.9. The Morgan fingerprint density at radius 2 is 2.05 bits per heavy atom. The first-order valence-corrected chi connectivity index (χ1v) is 6.94. The lowest BCUT2D eigenvalue weighted by molar-refractivity contribution is 0.198. The highest BCUT2D eigenvalue weighted by atomic mass is 16.3. The van der Waals surface area contributed by atoms with Crippen molar-refractivity contribution in [1.82, 2.24) is 9.55 Å². The van der Waals surface area contributed by atoms with Crippen LogP contribution < -0.4 is 4.90 Å². The van der Waals surface area contributed by atoms with Crippen molar-refractivity contribution in [3.63, 3.8) is 0 Å². The second-order valence-electron chi connectivity index (χ2n) is 5.09. The van der Waals surface area contributed by atoms with E-state index in [4.69, 9.17) is 0 Å². The number of aliphatic hydroxyl groups excluding tert-OH is 2. The molecule has 2 heterocycles. The monoisotopic (exact) mass is 273 g/mol. The van der Waals surface area contributed by atoms with Gasteiger partial charge in [-0.15, -0.1) is 0 Å². The summed E-state index contributed by atoms with van der Waals surface area (Å²) in [6.07, 6.45) is 2.47. The van der Waals surface area contributed by atoms with Crippen LogP contribution in [0.3, 0.4) is 0 Å². The molecule has 106 valence electrons. The third kappa shape index (κ3) is 2.55. The van der Waals surface area contributed by atoms with Gasteiger partial charge in [-0.2, -0.15) is 0 Å². The van der Waals surface area contributed by atoms with Gasteiger partial charge < -0.3 is 19.7 Å². The number of benzene rings is 1. The lowest BCUT2D eigenvalue weighted by atomic mass is 10.2. The van der Waals surface area contributed by atoms with Gasteiger partial charge in [-0.1, -0.05) is 30.3 Å². The molecule has 1 unspecified atom stereocenters. The van der Waals surface area contributed by atoms with Crippen molar-refractivity contribution in [3.8, 4) is 11.4 Å². The number of β-amino-alcohol motifs (C(OH)–C–C–N with tert-alkyl or cyclic N) is 1. The van der Waals surface area contributed by atoms with E-state index in [9.17, 15) is 10.2 Å². The quantitative estimate of drug-likeness (QED) is 0.876. The lowest BCUT2D eigenvalue weighted by Crippen LogP contribution is -2.21. The summed E-state index contributed by atoms with van der Waals surface area (Å²) in [5.41, 5.74) is 1.03. The zero-order valence-corrected chi connectivity index (χ0v) is 11.3. The molecular formula is C15H19N3O2. The Morgan fingerprint density at radius 1 is 1.25 bits per heavy atom. The van der Waals surface area contributed by atoms with E-state index >= 15 is 0 Å². The lowest BCUT2D eigenvalue weighted by Gasteiger charge is -2.13. The fourth-order valence-electron chi connectivity index (χ4n) is 2.60. The highest BCUT2D eigenvalue weighted by molar-refractivity contribution is 5.59. The summed E-state index contributed by atoms with van der Waals surface area (Å²) in [5, 5.41) is 18.8. The third-order valence-corrected chi connectivity index (χ3v) is 3.62. The average molecular weight is 273 g/mol. The minimum atomic E-state index is -0.266. The van der Waals surface area contributed by atoms with E-state index in [1.807, 2.05) is 41.1 Å². The molecule has 2 N–H and O–H groups in total. The number of hydrogen-bond donors (Lipinski definition) is 2. The van der Waals surface area contributed by atoms with Crippen LogP contribution >= 0.6 is 0 Å². The molecule has 0 saturated carbocycles. The van der Waals surface area contributed by atoms with E-state index in [0.29, 0.717) is 13.1 Å². The molecular weight excluding hydrogens is 254 g/mol. The van der Waals surface area contributed by atoms with Crippen LogP contribution in [0.1, 0.15) is 6.42 Å². The van der Waals surface area contributed by atoms with Gasteiger partial charge in [0.15, 0.2) is 0 Å². The molecule has 1 aromatic carbocycles. The molecule has 1 aromatic heterocycles. The fraction of sp³-hybridized carbons (Fsp3) is 0.400. The van der Waals surface area contributed by atoms with Gasteiger partial charge >= 0.3 is 0 Å². The Bertz CT molecular complexity index is 568. The van der Waals surface area contributed by atoms with Crippen LogP contribution in [-0.4, -0.2) is 45.6 Å². The molecule has 0 bridgehead atoms. The van der Waals surface area contributed by atoms with Crippen molar-refractivity contribution in [2.24, 2.45) is 0 Å². The molecule has 1 aliphatic heterocycles. The number of nitrogens with zero attached hydrogens (tertiary/aromatic N) is 3. The second kappa shape index (κ2) is 5.64. The van der Waals surface area contributed by atoms with Crippen LogP contribution in [0.25, 0.3) is 11.4 Å². The SMILES string of the molecule is OCCn1cc(N2CCC(O)C2)nc1-c1ccccc1. The number of rotatable bonds is 4. The van der Waals surface area contributed by atoms with Crippen LogP contribution in [0, 0.1) is 0 Å². The maximum absolute atomic E-state index is 9.64. The summed E-state index contributed by atoms with van der Waals surface area (Å²) in [6.45, 7) is 2.06. The summed E-state index contributed by atoms with van der Waals surface area (Å²) in [5.74, 6) is 1.73. The van der Waals surface area contributed by atoms with Gasteiger partial charge in [0, 0.05) is 31.4 Å². The van der Waals surface area contributed by atoms with Gasteiger partial charge in [0.1, 0.15) is 11.6 Å². The topological polar surface area (TPSA) is 61.5 Å². The van der Waals surface area contributed by atoms with E-state index in [2.05, 4.69) is 9.88 Å². The Labute approximate surface area is 118 Å². The van der Waals surface area contributed by atoms with Crippen LogP contribution in [0.5, 0.6) is 0 Å². The van der Waals surface area contributed by atoms with E-state index in [-0.39, 0.29) is 12.7 Å². The first kappa shape index (κ1) is 13.1. The van der Waals surface area contributed by atoms with Crippen LogP contribution in [0.2, 0.25) is 0 Å². The Kier molecular flexibility index (Phi) is 3.71. The normalized spacial score (nSPS) is 18.7. The largest absolute Gasteiger partial charge is 0.395 e. The molecule has 2 aromatic rings. The fourth-order valence-corrected chi connectivity index (χ4v) is 2.60. The van der Waals surface area contributed by atoms with Crippen molar-refractivity contribution in [2.75, 3.05) is 24.6 Å². The van der Waals surface area contributed by atoms with Gasteiger partial charge in [0.05, 0.1) is 12.7 Å². The van der Waals surface area contributed by atoms with Gasteiger partial charge in [0.2, 0.25) is 0 Å². The van der Waals surface area contributed by atoms with Crippen molar-refractivity contribution in [1.29, 1.82) is 0 Å². The van der Waals surface area contributed by atoms with Gasteiger partial charge in [-0.3, -0.25) is 0 Å². The summed E-state index contributed by atoms with van der Waals surface area (Å²) in [7, 11) is 0. The summed E-state index contributed by atoms with van der Waals surface area (Å²) in [6, 6.07) is 9.96. The van der Waals surface area contributed by atoms with Crippen molar-refractivity contribution < 1.29 is 10.2 Å². The van der Waals surface area contributed by atoms with Crippen molar-refractivity contribution in [2.45, 2.75) is 19.1 Å². The highest BCUT2D eigenvalue weighted by Gasteiger charge is 2.23. The maximum Gasteiger partial charge on any atom is 0.147 e. The molecule has 0 spiro atoms. The van der Waals surface area contributed by atoms with Gasteiger partial charge in [-0.05, 0) is 6.42 Å².